The van der Waals surface area contributed by atoms with Crippen LogP contribution in [0, 0.1) is 5.41 Å². The van der Waals surface area contributed by atoms with Crippen LogP contribution in [-0.2, 0) is 4.74 Å². The third-order valence-corrected chi connectivity index (χ3v) is 6.09. The molecule has 17 heavy (non-hydrogen) atoms. The minimum absolute atomic E-state index is 0.449. The van der Waals surface area contributed by atoms with Crippen LogP contribution in [0.15, 0.2) is 0 Å². The van der Waals surface area contributed by atoms with E-state index in [4.69, 9.17) is 4.74 Å². The highest BCUT2D eigenvalue weighted by molar-refractivity contribution is 7.40. The summed E-state index contributed by atoms with van der Waals surface area (Å²) in [5.74, 6) is 0. The molecule has 0 radical (unpaired) electrons. The second-order valence-corrected chi connectivity index (χ2v) is 8.46. The number of hydrogen-bond acceptors (Lipinski definition) is 1. The van der Waals surface area contributed by atoms with E-state index in [1.54, 1.807) is 0 Å². The average Bonchev–Trinajstić information content (AvgIpc) is 2.46. The summed E-state index contributed by atoms with van der Waals surface area (Å²) >= 11 is 0. The monoisotopic (exact) mass is 258 g/mol. The Morgan fingerprint density at radius 2 is 1.82 bits per heavy atom. The Balaban J connectivity index is 2.47. The Bertz CT molecular complexity index is 197. The smallest absolute Gasteiger partial charge is 0.0556 e. The summed E-state index contributed by atoms with van der Waals surface area (Å²) < 4.78 is 6.03. The molecule has 3 atom stereocenters. The number of unbranched alkanes of at least 4 members (excludes halogenated alkanes) is 1. The maximum atomic E-state index is 6.03. The summed E-state index contributed by atoms with van der Waals surface area (Å²) in [6, 6.07) is 0. The Morgan fingerprint density at radius 1 is 1.06 bits per heavy atom. The van der Waals surface area contributed by atoms with Crippen LogP contribution in [0.1, 0.15) is 66.2 Å². The SMILES string of the molecule is CCCCC1(C)CCC(C)(PCCC)COC1. The molecule has 1 aliphatic heterocycles. The van der Waals surface area contributed by atoms with E-state index in [1.165, 1.54) is 44.7 Å². The van der Waals surface area contributed by atoms with Crippen molar-refractivity contribution in [3.63, 3.8) is 0 Å². The normalized spacial score (nSPS) is 35.3. The summed E-state index contributed by atoms with van der Waals surface area (Å²) in [6.07, 6.45) is 9.44. The first-order valence-corrected chi connectivity index (χ1v) is 8.57. The molecule has 0 spiro atoms. The van der Waals surface area contributed by atoms with Crippen LogP contribution in [0.3, 0.4) is 0 Å². The zero-order valence-corrected chi connectivity index (χ0v) is 13.3. The highest BCUT2D eigenvalue weighted by atomic mass is 31.1. The van der Waals surface area contributed by atoms with E-state index in [1.807, 2.05) is 0 Å². The van der Waals surface area contributed by atoms with Crippen LogP contribution in [0.2, 0.25) is 0 Å². The van der Waals surface area contributed by atoms with Crippen LogP contribution in [0.5, 0.6) is 0 Å². The number of hydrogen-bond donors (Lipinski definition) is 0. The molecule has 1 fully saturated rings. The first-order chi connectivity index (χ1) is 8.04. The molecule has 3 unspecified atom stereocenters. The van der Waals surface area contributed by atoms with Crippen molar-refractivity contribution in [2.24, 2.45) is 5.41 Å². The molecule has 0 amide bonds. The number of rotatable bonds is 6. The van der Waals surface area contributed by atoms with Crippen LogP contribution in [0.25, 0.3) is 0 Å². The molecule has 102 valence electrons. The maximum Gasteiger partial charge on any atom is 0.0556 e. The van der Waals surface area contributed by atoms with Crippen molar-refractivity contribution in [1.29, 1.82) is 0 Å². The standard InChI is InChI=1S/C15H31OP/c1-5-7-8-14(3)9-10-15(4,13-16-12-14)17-11-6-2/h17H,5-13H2,1-4H3. The van der Waals surface area contributed by atoms with Gasteiger partial charge in [-0.15, -0.1) is 8.58 Å². The lowest BCUT2D eigenvalue weighted by molar-refractivity contribution is 0.0586. The van der Waals surface area contributed by atoms with Crippen molar-refractivity contribution >= 4 is 8.58 Å². The fourth-order valence-electron chi connectivity index (χ4n) is 2.61. The summed E-state index contributed by atoms with van der Waals surface area (Å²) in [5, 5.41) is 0.472. The molecule has 1 aliphatic rings. The summed E-state index contributed by atoms with van der Waals surface area (Å²) in [5.41, 5.74) is 0.449. The molecule has 1 saturated heterocycles. The van der Waals surface area contributed by atoms with Gasteiger partial charge in [-0.25, -0.2) is 0 Å². The van der Waals surface area contributed by atoms with Crippen molar-refractivity contribution in [2.45, 2.75) is 71.4 Å². The Morgan fingerprint density at radius 3 is 2.47 bits per heavy atom. The second-order valence-electron chi connectivity index (χ2n) is 6.39. The van der Waals surface area contributed by atoms with E-state index >= 15 is 0 Å². The van der Waals surface area contributed by atoms with Gasteiger partial charge >= 0.3 is 0 Å². The largest absolute Gasteiger partial charge is 0.380 e. The second kappa shape index (κ2) is 7.10. The zero-order valence-electron chi connectivity index (χ0n) is 12.3. The quantitative estimate of drug-likeness (QED) is 0.619. The molecule has 0 aromatic carbocycles. The van der Waals surface area contributed by atoms with Gasteiger partial charge in [-0.05, 0) is 30.8 Å². The third kappa shape index (κ3) is 5.26. The van der Waals surface area contributed by atoms with Gasteiger partial charge < -0.3 is 4.74 Å². The Hall–Kier alpha value is 0.390. The summed E-state index contributed by atoms with van der Waals surface area (Å²) in [7, 11) is 1.08. The van der Waals surface area contributed by atoms with Gasteiger partial charge in [0.25, 0.3) is 0 Å². The molecule has 0 bridgehead atoms. The van der Waals surface area contributed by atoms with Crippen LogP contribution < -0.4 is 0 Å². The molecule has 1 rings (SSSR count). The molecule has 2 heteroatoms. The molecule has 0 aliphatic carbocycles. The van der Waals surface area contributed by atoms with Crippen molar-refractivity contribution in [2.75, 3.05) is 19.4 Å². The van der Waals surface area contributed by atoms with E-state index < -0.39 is 0 Å². The third-order valence-electron chi connectivity index (χ3n) is 4.09. The maximum absolute atomic E-state index is 6.03. The molecule has 0 aromatic heterocycles. The first kappa shape index (κ1) is 15.4. The van der Waals surface area contributed by atoms with Gasteiger partial charge in [-0.3, -0.25) is 0 Å². The number of ether oxygens (including phenoxy) is 1. The average molecular weight is 258 g/mol. The van der Waals surface area contributed by atoms with Gasteiger partial charge in [0.1, 0.15) is 0 Å². The molecule has 0 saturated carbocycles. The minimum Gasteiger partial charge on any atom is -0.380 e. The van der Waals surface area contributed by atoms with Gasteiger partial charge in [0.05, 0.1) is 13.2 Å². The lowest BCUT2D eigenvalue weighted by Gasteiger charge is -2.29. The van der Waals surface area contributed by atoms with E-state index in [0.717, 1.165) is 21.8 Å². The van der Waals surface area contributed by atoms with E-state index in [9.17, 15) is 0 Å². The fraction of sp³-hybridized carbons (Fsp3) is 1.00. The van der Waals surface area contributed by atoms with Crippen molar-refractivity contribution < 1.29 is 4.74 Å². The van der Waals surface area contributed by atoms with Crippen LogP contribution >= 0.6 is 8.58 Å². The lowest BCUT2D eigenvalue weighted by Crippen LogP contribution is -2.24. The molecular formula is C15H31OP. The predicted molar refractivity (Wildman–Crippen MR) is 79.6 cm³/mol. The van der Waals surface area contributed by atoms with Crippen molar-refractivity contribution in [3.05, 3.63) is 0 Å². The highest BCUT2D eigenvalue weighted by Gasteiger charge is 2.34. The van der Waals surface area contributed by atoms with Gasteiger partial charge in [0.15, 0.2) is 0 Å². The Kier molecular flexibility index (Phi) is 6.45. The highest BCUT2D eigenvalue weighted by Crippen LogP contribution is 2.43. The molecule has 1 nitrogen and oxygen atoms in total. The van der Waals surface area contributed by atoms with E-state index in [-0.39, 0.29) is 0 Å². The van der Waals surface area contributed by atoms with E-state index in [0.29, 0.717) is 10.6 Å². The fourth-order valence-corrected chi connectivity index (χ4v) is 3.97. The molecular weight excluding hydrogens is 227 g/mol. The molecule has 0 aromatic rings. The summed E-state index contributed by atoms with van der Waals surface area (Å²) in [4.78, 5) is 0. The van der Waals surface area contributed by atoms with Crippen LogP contribution in [-0.4, -0.2) is 24.5 Å². The van der Waals surface area contributed by atoms with Crippen molar-refractivity contribution in [1.82, 2.24) is 0 Å². The zero-order chi connectivity index (χ0) is 12.8. The molecule has 0 N–H and O–H groups in total. The first-order valence-electron chi connectivity index (χ1n) is 7.36. The van der Waals surface area contributed by atoms with Gasteiger partial charge in [-0.2, -0.15) is 0 Å². The topological polar surface area (TPSA) is 9.23 Å². The van der Waals surface area contributed by atoms with Crippen molar-refractivity contribution in [3.8, 4) is 0 Å². The van der Waals surface area contributed by atoms with Gasteiger partial charge in [-0.1, -0.05) is 47.0 Å². The van der Waals surface area contributed by atoms with Gasteiger partial charge in [0.2, 0.25) is 0 Å². The van der Waals surface area contributed by atoms with E-state index in [2.05, 4.69) is 27.7 Å². The predicted octanol–water partition coefficient (Wildman–Crippen LogP) is 4.84. The minimum atomic E-state index is 0.449. The lowest BCUT2D eigenvalue weighted by atomic mass is 9.80. The van der Waals surface area contributed by atoms with Gasteiger partial charge in [0, 0.05) is 5.16 Å². The molecule has 1 heterocycles. The summed E-state index contributed by atoms with van der Waals surface area (Å²) in [6.45, 7) is 11.4. The van der Waals surface area contributed by atoms with Crippen LogP contribution in [0.4, 0.5) is 0 Å². The Labute approximate surface area is 110 Å².